The third-order valence-electron chi connectivity index (χ3n) is 4.51. The Hall–Kier alpha value is -2.87. The van der Waals surface area contributed by atoms with Crippen molar-refractivity contribution in [1.82, 2.24) is 14.9 Å². The fourth-order valence-electron chi connectivity index (χ4n) is 3.08. The summed E-state index contributed by atoms with van der Waals surface area (Å²) in [5.41, 5.74) is 1.06. The van der Waals surface area contributed by atoms with Crippen LogP contribution in [0.4, 0.5) is 0 Å². The van der Waals surface area contributed by atoms with E-state index < -0.39 is 11.7 Å². The van der Waals surface area contributed by atoms with Crippen molar-refractivity contribution in [3.05, 3.63) is 74.7 Å². The van der Waals surface area contributed by atoms with Gasteiger partial charge in [0, 0.05) is 16.7 Å². The zero-order valence-corrected chi connectivity index (χ0v) is 17.4. The number of aromatic nitrogens is 3. The second-order valence-corrected chi connectivity index (χ2v) is 7.55. The van der Waals surface area contributed by atoms with E-state index in [9.17, 15) is 9.90 Å². The van der Waals surface area contributed by atoms with E-state index in [1.165, 1.54) is 4.68 Å². The van der Waals surface area contributed by atoms with Crippen LogP contribution in [-0.2, 0) is 6.54 Å². The number of hydrogen-bond donors (Lipinski definition) is 1. The summed E-state index contributed by atoms with van der Waals surface area (Å²) in [6.07, 6.45) is -1.03. The number of hydrogen-bond acceptors (Lipinski definition) is 6. The van der Waals surface area contributed by atoms with Crippen molar-refractivity contribution in [2.24, 2.45) is 0 Å². The van der Waals surface area contributed by atoms with Crippen molar-refractivity contribution in [2.45, 2.75) is 19.6 Å². The highest BCUT2D eigenvalue weighted by molar-refractivity contribution is 6.34. The van der Waals surface area contributed by atoms with Gasteiger partial charge >= 0.3 is 0 Å². The maximum Gasteiger partial charge on any atom is 0.296 e. The number of halogens is 2. The minimum atomic E-state index is -1.03. The number of aliphatic hydroxyl groups is 1. The van der Waals surface area contributed by atoms with E-state index in [2.05, 4.69) is 10.3 Å². The summed E-state index contributed by atoms with van der Waals surface area (Å²) in [4.78, 5) is 12.8. The van der Waals surface area contributed by atoms with Crippen LogP contribution in [0.1, 0.15) is 5.76 Å². The van der Waals surface area contributed by atoms with Gasteiger partial charge in [0.25, 0.3) is 5.56 Å². The molecule has 9 heteroatoms. The zero-order chi connectivity index (χ0) is 21.3. The average molecular weight is 446 g/mol. The molecule has 4 aromatic rings. The van der Waals surface area contributed by atoms with Gasteiger partial charge in [0.2, 0.25) is 0 Å². The molecule has 1 N–H and O–H groups in total. The van der Waals surface area contributed by atoms with Gasteiger partial charge in [-0.3, -0.25) is 4.79 Å². The van der Waals surface area contributed by atoms with Gasteiger partial charge in [-0.1, -0.05) is 58.7 Å². The molecule has 7 nitrogen and oxygen atoms in total. The Bertz CT molecular complexity index is 1250. The van der Waals surface area contributed by atoms with Crippen LogP contribution in [0.2, 0.25) is 10.0 Å². The minimum Gasteiger partial charge on any atom is -0.489 e. The van der Waals surface area contributed by atoms with Crippen molar-refractivity contribution < 1.29 is 14.4 Å². The van der Waals surface area contributed by atoms with Crippen LogP contribution < -0.4 is 10.3 Å². The smallest absolute Gasteiger partial charge is 0.296 e. The van der Waals surface area contributed by atoms with Gasteiger partial charge in [-0.15, -0.1) is 0 Å². The molecule has 0 saturated carbocycles. The van der Waals surface area contributed by atoms with Crippen LogP contribution in [-0.4, -0.2) is 32.8 Å². The van der Waals surface area contributed by atoms with Gasteiger partial charge in [0.05, 0.1) is 17.0 Å². The molecule has 0 aliphatic carbocycles. The molecule has 0 bridgehead atoms. The van der Waals surface area contributed by atoms with E-state index in [0.29, 0.717) is 32.6 Å². The second-order valence-electron chi connectivity index (χ2n) is 6.70. The zero-order valence-electron chi connectivity index (χ0n) is 15.9. The highest BCUT2D eigenvalue weighted by Crippen LogP contribution is 2.28. The lowest BCUT2D eigenvalue weighted by atomic mass is 10.1. The fourth-order valence-corrected chi connectivity index (χ4v) is 3.42. The summed E-state index contributed by atoms with van der Waals surface area (Å²) in [6, 6.07) is 14.2. The number of benzene rings is 2. The number of aryl methyl sites for hydroxylation is 1. The predicted molar refractivity (Wildman–Crippen MR) is 114 cm³/mol. The number of aliphatic hydroxyl groups excluding tert-OH is 1. The summed E-state index contributed by atoms with van der Waals surface area (Å²) in [5, 5.41) is 20.2. The van der Waals surface area contributed by atoms with Crippen LogP contribution in [0.5, 0.6) is 5.75 Å². The third kappa shape index (κ3) is 4.05. The SMILES string of the molecule is Cc1onc2c(=O)n(CC(O)COc3cc(Cl)ccc3Cl)nc(-c3ccccc3)c12. The summed E-state index contributed by atoms with van der Waals surface area (Å²) in [6.45, 7) is 1.52. The first-order valence-electron chi connectivity index (χ1n) is 9.12. The highest BCUT2D eigenvalue weighted by atomic mass is 35.5. The molecular formula is C21H17Cl2N3O4. The third-order valence-corrected chi connectivity index (χ3v) is 5.06. The number of ether oxygens (including phenoxy) is 1. The Balaban J connectivity index is 1.63. The molecule has 0 radical (unpaired) electrons. The summed E-state index contributed by atoms with van der Waals surface area (Å²) < 4.78 is 12.0. The lowest BCUT2D eigenvalue weighted by molar-refractivity contribution is 0.0882. The first kappa shape index (κ1) is 20.4. The monoisotopic (exact) mass is 445 g/mol. The normalized spacial score (nSPS) is 12.3. The first-order valence-corrected chi connectivity index (χ1v) is 9.88. The maximum absolute atomic E-state index is 12.8. The molecule has 0 aliphatic heterocycles. The highest BCUT2D eigenvalue weighted by Gasteiger charge is 2.20. The second kappa shape index (κ2) is 8.47. The molecular weight excluding hydrogens is 429 g/mol. The molecule has 0 fully saturated rings. The molecule has 2 heterocycles. The van der Waals surface area contributed by atoms with E-state index in [-0.39, 0.29) is 18.7 Å². The molecule has 154 valence electrons. The molecule has 2 aromatic heterocycles. The van der Waals surface area contributed by atoms with Crippen molar-refractivity contribution >= 4 is 34.1 Å². The Labute approximate surface area is 181 Å². The lowest BCUT2D eigenvalue weighted by Crippen LogP contribution is -2.32. The van der Waals surface area contributed by atoms with Crippen LogP contribution in [0.3, 0.4) is 0 Å². The summed E-state index contributed by atoms with van der Waals surface area (Å²) in [7, 11) is 0. The molecule has 0 aliphatic rings. The Kier molecular flexibility index (Phi) is 5.76. The van der Waals surface area contributed by atoms with Crippen LogP contribution >= 0.6 is 23.2 Å². The quantitative estimate of drug-likeness (QED) is 0.480. The molecule has 30 heavy (non-hydrogen) atoms. The molecule has 2 aromatic carbocycles. The van der Waals surface area contributed by atoms with Gasteiger partial charge in [-0.05, 0) is 19.1 Å². The molecule has 1 atom stereocenters. The topological polar surface area (TPSA) is 90.4 Å². The van der Waals surface area contributed by atoms with Crippen LogP contribution in [0, 0.1) is 6.92 Å². The lowest BCUT2D eigenvalue weighted by Gasteiger charge is -2.15. The van der Waals surface area contributed by atoms with E-state index in [0.717, 1.165) is 5.56 Å². The largest absolute Gasteiger partial charge is 0.489 e. The average Bonchev–Trinajstić information content (AvgIpc) is 3.13. The van der Waals surface area contributed by atoms with Gasteiger partial charge in [0.15, 0.2) is 5.52 Å². The molecule has 0 amide bonds. The molecule has 1 unspecified atom stereocenters. The predicted octanol–water partition coefficient (Wildman–Crippen LogP) is 4.11. The fraction of sp³-hybridized carbons (Fsp3) is 0.190. The number of rotatable bonds is 6. The Morgan fingerprint density at radius 2 is 1.97 bits per heavy atom. The van der Waals surface area contributed by atoms with Gasteiger partial charge in [0.1, 0.15) is 29.9 Å². The Morgan fingerprint density at radius 3 is 2.73 bits per heavy atom. The van der Waals surface area contributed by atoms with Crippen molar-refractivity contribution in [3.63, 3.8) is 0 Å². The Morgan fingerprint density at radius 1 is 1.20 bits per heavy atom. The van der Waals surface area contributed by atoms with E-state index in [1.54, 1.807) is 25.1 Å². The van der Waals surface area contributed by atoms with Crippen molar-refractivity contribution in [2.75, 3.05) is 6.61 Å². The van der Waals surface area contributed by atoms with E-state index in [1.807, 2.05) is 30.3 Å². The molecule has 0 spiro atoms. The van der Waals surface area contributed by atoms with E-state index in [4.69, 9.17) is 32.5 Å². The van der Waals surface area contributed by atoms with Crippen molar-refractivity contribution in [1.29, 1.82) is 0 Å². The number of fused-ring (bicyclic) bond motifs is 1. The summed E-state index contributed by atoms with van der Waals surface area (Å²) >= 11 is 12.0. The van der Waals surface area contributed by atoms with Gasteiger partial charge in [-0.25, -0.2) is 4.68 Å². The van der Waals surface area contributed by atoms with Crippen LogP contribution in [0.15, 0.2) is 57.8 Å². The summed E-state index contributed by atoms with van der Waals surface area (Å²) in [5.74, 6) is 0.844. The molecule has 4 rings (SSSR count). The van der Waals surface area contributed by atoms with Gasteiger partial charge < -0.3 is 14.4 Å². The minimum absolute atomic E-state index is 0.0985. The van der Waals surface area contributed by atoms with E-state index >= 15 is 0 Å². The molecule has 0 saturated heterocycles. The maximum atomic E-state index is 12.8. The number of nitrogens with zero attached hydrogens (tertiary/aromatic N) is 3. The van der Waals surface area contributed by atoms with Crippen molar-refractivity contribution in [3.8, 4) is 17.0 Å². The standard InChI is InChI=1S/C21H17Cl2N3O4/c1-12-18-19(13-5-3-2-4-6-13)24-26(21(28)20(18)25-30-12)10-15(27)11-29-17-9-14(22)7-8-16(17)23/h2-9,15,27H,10-11H2,1H3. The first-order chi connectivity index (χ1) is 14.4. The van der Waals surface area contributed by atoms with Crippen LogP contribution in [0.25, 0.3) is 22.2 Å². The van der Waals surface area contributed by atoms with Gasteiger partial charge in [-0.2, -0.15) is 5.10 Å².